The summed E-state index contributed by atoms with van der Waals surface area (Å²) in [4.78, 5) is 18.0. The third-order valence-corrected chi connectivity index (χ3v) is 4.81. The van der Waals surface area contributed by atoms with Crippen LogP contribution in [0.3, 0.4) is 0 Å². The summed E-state index contributed by atoms with van der Waals surface area (Å²) in [6.07, 6.45) is 3.67. The maximum Gasteiger partial charge on any atom is 0.277 e. The highest BCUT2D eigenvalue weighted by Crippen LogP contribution is 2.32. The highest BCUT2D eigenvalue weighted by molar-refractivity contribution is 5.85. The van der Waals surface area contributed by atoms with Crippen LogP contribution in [-0.2, 0) is 5.41 Å². The van der Waals surface area contributed by atoms with E-state index < -0.39 is 5.41 Å². The summed E-state index contributed by atoms with van der Waals surface area (Å²) in [7, 11) is 0. The van der Waals surface area contributed by atoms with Gasteiger partial charge in [-0.15, -0.1) is 9.78 Å². The Labute approximate surface area is 161 Å². The molecule has 8 heteroatoms. The first-order chi connectivity index (χ1) is 13.3. The molecule has 1 aromatic carbocycles. The average molecular weight is 375 g/mol. The lowest BCUT2D eigenvalue weighted by atomic mass is 9.89. The lowest BCUT2D eigenvalue weighted by Crippen LogP contribution is -2.25. The lowest BCUT2D eigenvalue weighted by molar-refractivity contribution is 0.546. The van der Waals surface area contributed by atoms with Gasteiger partial charge in [0.2, 0.25) is 6.19 Å². The van der Waals surface area contributed by atoms with Crippen molar-refractivity contribution >= 4 is 16.6 Å². The number of nitrogens with zero attached hydrogens (tertiary/aromatic N) is 7. The van der Waals surface area contributed by atoms with Crippen LogP contribution in [0.1, 0.15) is 46.4 Å². The van der Waals surface area contributed by atoms with E-state index in [1.807, 2.05) is 65.1 Å². The molecule has 0 aliphatic heterocycles. The highest BCUT2D eigenvalue weighted by atomic mass is 16.1. The first-order valence-corrected chi connectivity index (χ1v) is 9.12. The third-order valence-electron chi connectivity index (χ3n) is 4.81. The molecule has 0 radical (unpaired) electrons. The van der Waals surface area contributed by atoms with Crippen molar-refractivity contribution in [2.45, 2.75) is 46.1 Å². The van der Waals surface area contributed by atoms with Crippen LogP contribution >= 0.6 is 0 Å². The molecule has 0 fully saturated rings. The van der Waals surface area contributed by atoms with Gasteiger partial charge in [0.1, 0.15) is 23.2 Å². The Morgan fingerprint density at radius 2 is 1.79 bits per heavy atom. The van der Waals surface area contributed by atoms with E-state index in [9.17, 15) is 10.1 Å². The van der Waals surface area contributed by atoms with E-state index in [0.717, 1.165) is 11.0 Å². The number of para-hydroxylation sites is 2. The van der Waals surface area contributed by atoms with Crippen molar-refractivity contribution in [1.82, 2.24) is 28.9 Å². The highest BCUT2D eigenvalue weighted by Gasteiger charge is 2.30. The van der Waals surface area contributed by atoms with Crippen LogP contribution in [0.2, 0.25) is 0 Å². The predicted molar refractivity (Wildman–Crippen MR) is 106 cm³/mol. The molecule has 0 saturated heterocycles. The van der Waals surface area contributed by atoms with Gasteiger partial charge >= 0.3 is 0 Å². The molecular weight excluding hydrogens is 354 g/mol. The smallest absolute Gasteiger partial charge is 0.277 e. The number of aromatic nitrogens is 6. The molecule has 0 spiro atoms. The van der Waals surface area contributed by atoms with Crippen LogP contribution in [0.4, 0.5) is 0 Å². The van der Waals surface area contributed by atoms with E-state index in [1.54, 1.807) is 15.3 Å². The van der Waals surface area contributed by atoms with Gasteiger partial charge in [-0.1, -0.05) is 38.1 Å². The van der Waals surface area contributed by atoms with Gasteiger partial charge in [-0.3, -0.25) is 9.20 Å². The van der Waals surface area contributed by atoms with Crippen LogP contribution in [0.5, 0.6) is 0 Å². The van der Waals surface area contributed by atoms with Crippen molar-refractivity contribution in [2.75, 3.05) is 0 Å². The topological polar surface area (TPSA) is 93.8 Å². The van der Waals surface area contributed by atoms with Crippen molar-refractivity contribution in [1.29, 1.82) is 5.26 Å². The maximum absolute atomic E-state index is 13.5. The molecule has 0 unspecified atom stereocenters. The number of hydrogen-bond donors (Lipinski definition) is 0. The minimum absolute atomic E-state index is 0.0259. The molecular formula is C20H21N7O. The largest absolute Gasteiger partial charge is 0.302 e. The normalized spacial score (nSPS) is 12.2. The van der Waals surface area contributed by atoms with Crippen molar-refractivity contribution in [2.24, 2.45) is 0 Å². The zero-order chi connectivity index (χ0) is 20.2. The quantitative estimate of drug-likeness (QED) is 0.536. The van der Waals surface area contributed by atoms with Crippen LogP contribution in [0.25, 0.3) is 27.9 Å². The molecule has 8 nitrogen and oxygen atoms in total. The summed E-state index contributed by atoms with van der Waals surface area (Å²) in [5, 5.41) is 17.6. The molecule has 0 amide bonds. The Bertz CT molecular complexity index is 1310. The molecule has 0 saturated carbocycles. The average Bonchev–Trinajstić information content (AvgIpc) is 3.25. The second-order valence-corrected chi connectivity index (χ2v) is 8.12. The zero-order valence-electron chi connectivity index (χ0n) is 16.5. The molecule has 0 bridgehead atoms. The fraction of sp³-hybridized carbons (Fsp3) is 0.350. The summed E-state index contributed by atoms with van der Waals surface area (Å²) >= 11 is 0. The van der Waals surface area contributed by atoms with Crippen molar-refractivity contribution in [3.63, 3.8) is 0 Å². The van der Waals surface area contributed by atoms with Crippen molar-refractivity contribution in [3.05, 3.63) is 46.6 Å². The van der Waals surface area contributed by atoms with Gasteiger partial charge in [-0.05, 0) is 26.0 Å². The maximum atomic E-state index is 13.5. The standard InChI is InChI=1S/C20H21N7O/c1-12(2)27-14-9-7-6-8-13(14)25-11-22-15(17(25)19(27)28)16-18(20(3,4)5)26(10-21)24-23-16/h6-9,11-12H,1-5H3. The molecule has 0 atom stereocenters. The summed E-state index contributed by atoms with van der Waals surface area (Å²) in [5.41, 5.74) is 3.13. The molecule has 0 aliphatic rings. The SMILES string of the molecule is CC(C)n1c(=O)c2c(-c3nnn(C#N)c3C(C)(C)C)ncn2c2ccccc21. The summed E-state index contributed by atoms with van der Waals surface area (Å²) < 4.78 is 4.76. The van der Waals surface area contributed by atoms with Gasteiger partial charge in [0.25, 0.3) is 5.56 Å². The van der Waals surface area contributed by atoms with Gasteiger partial charge in [0, 0.05) is 11.5 Å². The fourth-order valence-electron chi connectivity index (χ4n) is 3.70. The minimum atomic E-state index is -0.404. The van der Waals surface area contributed by atoms with E-state index in [-0.39, 0.29) is 11.6 Å². The van der Waals surface area contributed by atoms with Gasteiger partial charge < -0.3 is 4.57 Å². The molecule has 4 aromatic rings. The van der Waals surface area contributed by atoms with E-state index >= 15 is 0 Å². The number of fused-ring (bicyclic) bond motifs is 3. The summed E-state index contributed by atoms with van der Waals surface area (Å²) in [5.74, 6) is 0. The lowest BCUT2D eigenvalue weighted by Gasteiger charge is -2.18. The first-order valence-electron chi connectivity index (χ1n) is 9.12. The number of hydrogen-bond acceptors (Lipinski definition) is 5. The number of nitriles is 1. The van der Waals surface area contributed by atoms with E-state index in [4.69, 9.17) is 0 Å². The van der Waals surface area contributed by atoms with E-state index in [0.29, 0.717) is 22.6 Å². The van der Waals surface area contributed by atoms with Crippen molar-refractivity contribution < 1.29 is 0 Å². The molecule has 0 aliphatic carbocycles. The Morgan fingerprint density at radius 1 is 1.11 bits per heavy atom. The minimum Gasteiger partial charge on any atom is -0.302 e. The van der Waals surface area contributed by atoms with Gasteiger partial charge in [0.05, 0.1) is 16.7 Å². The monoisotopic (exact) mass is 375 g/mol. The first kappa shape index (κ1) is 17.9. The Hall–Kier alpha value is -3.47. The molecule has 142 valence electrons. The number of imidazole rings is 1. The molecule has 28 heavy (non-hydrogen) atoms. The zero-order valence-corrected chi connectivity index (χ0v) is 16.5. The Morgan fingerprint density at radius 3 is 2.39 bits per heavy atom. The summed E-state index contributed by atoms with van der Waals surface area (Å²) in [6, 6.07) is 7.72. The third kappa shape index (κ3) is 2.43. The second kappa shape index (κ2) is 6.02. The number of rotatable bonds is 2. The van der Waals surface area contributed by atoms with Crippen LogP contribution in [-0.4, -0.2) is 28.9 Å². The fourth-order valence-corrected chi connectivity index (χ4v) is 3.70. The molecule has 0 N–H and O–H groups in total. The Balaban J connectivity index is 2.18. The molecule has 4 rings (SSSR count). The van der Waals surface area contributed by atoms with Crippen LogP contribution in [0, 0.1) is 11.5 Å². The van der Waals surface area contributed by atoms with E-state index in [2.05, 4.69) is 15.3 Å². The van der Waals surface area contributed by atoms with Gasteiger partial charge in [-0.2, -0.15) is 5.26 Å². The molecule has 3 heterocycles. The second-order valence-electron chi connectivity index (χ2n) is 8.12. The van der Waals surface area contributed by atoms with Crippen LogP contribution in [0.15, 0.2) is 35.4 Å². The number of benzene rings is 1. The van der Waals surface area contributed by atoms with Gasteiger partial charge in [-0.25, -0.2) is 4.98 Å². The van der Waals surface area contributed by atoms with Crippen molar-refractivity contribution in [3.8, 4) is 17.6 Å². The van der Waals surface area contributed by atoms with Crippen LogP contribution < -0.4 is 5.56 Å². The molecule has 3 aromatic heterocycles. The Kier molecular flexibility index (Phi) is 3.85. The predicted octanol–water partition coefficient (Wildman–Crippen LogP) is 3.12. The summed E-state index contributed by atoms with van der Waals surface area (Å²) in [6.45, 7) is 9.88. The van der Waals surface area contributed by atoms with E-state index in [1.165, 1.54) is 4.68 Å². The van der Waals surface area contributed by atoms with Gasteiger partial charge in [0.15, 0.2) is 0 Å².